The molecule has 0 saturated heterocycles. The van der Waals surface area contributed by atoms with E-state index in [4.69, 9.17) is 0 Å². The van der Waals surface area contributed by atoms with Gasteiger partial charge in [-0.3, -0.25) is 4.79 Å². The average Bonchev–Trinajstić information content (AvgIpc) is 2.49. The maximum Gasteiger partial charge on any atom is 0.416 e. The lowest BCUT2D eigenvalue weighted by Crippen LogP contribution is -2.30. The van der Waals surface area contributed by atoms with E-state index in [1.54, 1.807) is 27.7 Å². The molecule has 27 heavy (non-hydrogen) atoms. The molecular formula is C20H29F3O3S. The summed E-state index contributed by atoms with van der Waals surface area (Å²) in [5.74, 6) is 0.0537. The fraction of sp³-hybridized carbons (Fsp3) is 0.650. The molecule has 0 fully saturated rings. The predicted octanol–water partition coefficient (Wildman–Crippen LogP) is 5.21. The third kappa shape index (κ3) is 6.63. The highest BCUT2D eigenvalue weighted by atomic mass is 32.2. The van der Waals surface area contributed by atoms with Gasteiger partial charge in [0.1, 0.15) is 5.78 Å². The number of hydrogen-bond donors (Lipinski definition) is 0. The molecule has 7 heteroatoms. The van der Waals surface area contributed by atoms with Crippen molar-refractivity contribution in [3.63, 3.8) is 0 Å². The Balaban J connectivity index is 2.54. The van der Waals surface area contributed by atoms with E-state index >= 15 is 0 Å². The Bertz CT molecular complexity index is 773. The first kappa shape index (κ1) is 23.7. The van der Waals surface area contributed by atoms with Crippen molar-refractivity contribution in [2.75, 3.05) is 5.75 Å². The van der Waals surface area contributed by atoms with Crippen molar-refractivity contribution in [3.05, 3.63) is 34.4 Å². The molecule has 0 aliphatic carbocycles. The van der Waals surface area contributed by atoms with Gasteiger partial charge < -0.3 is 0 Å². The zero-order valence-electron chi connectivity index (χ0n) is 16.7. The molecule has 0 aromatic heterocycles. The maximum atomic E-state index is 12.9. The summed E-state index contributed by atoms with van der Waals surface area (Å²) in [7, 11) is -3.15. The first-order valence-corrected chi connectivity index (χ1v) is 10.7. The SMILES string of the molecule is Cc1c(CC(=O)CCCCCS(=O)(=O)C(C)(C)C)ccc(C(F)(F)F)c1C. The van der Waals surface area contributed by atoms with Crippen molar-refractivity contribution in [2.45, 2.75) is 77.6 Å². The van der Waals surface area contributed by atoms with E-state index in [0.717, 1.165) is 6.07 Å². The molecule has 1 rings (SSSR count). The normalized spacial score (nSPS) is 13.0. The van der Waals surface area contributed by atoms with E-state index in [1.165, 1.54) is 13.0 Å². The molecule has 0 amide bonds. The molecule has 0 atom stereocenters. The minimum Gasteiger partial charge on any atom is -0.299 e. The minimum atomic E-state index is -4.40. The van der Waals surface area contributed by atoms with Crippen molar-refractivity contribution in [1.29, 1.82) is 0 Å². The van der Waals surface area contributed by atoms with Gasteiger partial charge in [0, 0.05) is 12.8 Å². The van der Waals surface area contributed by atoms with Crippen LogP contribution in [0.3, 0.4) is 0 Å². The zero-order chi connectivity index (χ0) is 21.0. The summed E-state index contributed by atoms with van der Waals surface area (Å²) in [6.07, 6.45) is -2.28. The van der Waals surface area contributed by atoms with Gasteiger partial charge in [-0.1, -0.05) is 12.5 Å². The largest absolute Gasteiger partial charge is 0.416 e. The number of rotatable bonds is 8. The van der Waals surface area contributed by atoms with E-state index in [9.17, 15) is 26.4 Å². The van der Waals surface area contributed by atoms with Gasteiger partial charge in [0.25, 0.3) is 0 Å². The highest BCUT2D eigenvalue weighted by Crippen LogP contribution is 2.34. The Kier molecular flexibility index (Phi) is 7.68. The van der Waals surface area contributed by atoms with Crippen molar-refractivity contribution in [2.24, 2.45) is 0 Å². The molecule has 0 bridgehead atoms. The van der Waals surface area contributed by atoms with Gasteiger partial charge in [-0.25, -0.2) is 8.42 Å². The number of Topliss-reactive ketones (excluding diaryl/α,β-unsaturated/α-hetero) is 1. The highest BCUT2D eigenvalue weighted by molar-refractivity contribution is 7.92. The van der Waals surface area contributed by atoms with Gasteiger partial charge in [-0.15, -0.1) is 0 Å². The quantitative estimate of drug-likeness (QED) is 0.557. The summed E-state index contributed by atoms with van der Waals surface area (Å²) in [5, 5.41) is 0. The van der Waals surface area contributed by atoms with E-state index < -0.39 is 26.3 Å². The molecule has 154 valence electrons. The van der Waals surface area contributed by atoms with Crippen LogP contribution >= 0.6 is 0 Å². The van der Waals surface area contributed by atoms with E-state index in [-0.39, 0.29) is 23.5 Å². The molecule has 0 N–H and O–H groups in total. The molecular weight excluding hydrogens is 377 g/mol. The van der Waals surface area contributed by atoms with Crippen LogP contribution in [0.25, 0.3) is 0 Å². The summed E-state index contributed by atoms with van der Waals surface area (Å²) in [5.41, 5.74) is 0.590. The van der Waals surface area contributed by atoms with Gasteiger partial charge in [0.05, 0.1) is 16.1 Å². The van der Waals surface area contributed by atoms with E-state index in [1.807, 2.05) is 0 Å². The smallest absolute Gasteiger partial charge is 0.299 e. The van der Waals surface area contributed by atoms with Crippen molar-refractivity contribution in [1.82, 2.24) is 0 Å². The second-order valence-electron chi connectivity index (χ2n) is 7.98. The molecule has 0 unspecified atom stereocenters. The fourth-order valence-electron chi connectivity index (χ4n) is 2.77. The molecule has 0 spiro atoms. The summed E-state index contributed by atoms with van der Waals surface area (Å²) in [6.45, 7) is 8.02. The Labute approximate surface area is 160 Å². The lowest BCUT2D eigenvalue weighted by molar-refractivity contribution is -0.138. The zero-order valence-corrected chi connectivity index (χ0v) is 17.5. The number of halogens is 3. The number of hydrogen-bond acceptors (Lipinski definition) is 3. The third-order valence-electron chi connectivity index (χ3n) is 4.89. The molecule has 3 nitrogen and oxygen atoms in total. The number of benzene rings is 1. The molecule has 0 radical (unpaired) electrons. The molecule has 0 saturated carbocycles. The topological polar surface area (TPSA) is 51.2 Å². The summed E-state index contributed by atoms with van der Waals surface area (Å²) < 4.78 is 62.0. The standard InChI is InChI=1S/C20H29F3O3S/c1-14-15(2)18(20(21,22)23)11-10-16(14)13-17(24)9-7-6-8-12-27(25,26)19(3,4)5/h10-11H,6-9,12-13H2,1-5H3. The molecule has 1 aromatic rings. The molecule has 1 aromatic carbocycles. The Morgan fingerprint density at radius 2 is 1.56 bits per heavy atom. The summed E-state index contributed by atoms with van der Waals surface area (Å²) >= 11 is 0. The lowest BCUT2D eigenvalue weighted by Gasteiger charge is -2.18. The predicted molar refractivity (Wildman–Crippen MR) is 102 cm³/mol. The number of unbranched alkanes of at least 4 members (excludes halogenated alkanes) is 2. The molecule has 0 aliphatic rings. The lowest BCUT2D eigenvalue weighted by atomic mass is 9.94. The van der Waals surface area contributed by atoms with Gasteiger partial charge in [0.2, 0.25) is 0 Å². The van der Waals surface area contributed by atoms with E-state index in [2.05, 4.69) is 0 Å². The third-order valence-corrected chi connectivity index (χ3v) is 7.59. The Morgan fingerprint density at radius 1 is 0.963 bits per heavy atom. The van der Waals surface area contributed by atoms with Gasteiger partial charge in [-0.2, -0.15) is 13.2 Å². The van der Waals surface area contributed by atoms with Crippen molar-refractivity contribution < 1.29 is 26.4 Å². The van der Waals surface area contributed by atoms with Gasteiger partial charge in [-0.05, 0) is 70.2 Å². The Hall–Kier alpha value is -1.37. The van der Waals surface area contributed by atoms with Crippen molar-refractivity contribution >= 4 is 15.6 Å². The number of ketones is 1. The molecule has 0 heterocycles. The maximum absolute atomic E-state index is 12.9. The molecule has 0 aliphatic heterocycles. The first-order valence-electron chi connectivity index (χ1n) is 9.07. The van der Waals surface area contributed by atoms with Crippen LogP contribution in [-0.4, -0.2) is 24.7 Å². The summed E-state index contributed by atoms with van der Waals surface area (Å²) in [4.78, 5) is 12.1. The van der Waals surface area contributed by atoms with Crippen LogP contribution in [0, 0.1) is 13.8 Å². The number of carbonyl (C=O) groups is 1. The number of carbonyl (C=O) groups excluding carboxylic acids is 1. The highest BCUT2D eigenvalue weighted by Gasteiger charge is 2.33. The first-order chi connectivity index (χ1) is 12.2. The van der Waals surface area contributed by atoms with Crippen LogP contribution in [0.5, 0.6) is 0 Å². The second kappa shape index (κ2) is 8.76. The number of alkyl halides is 3. The van der Waals surface area contributed by atoms with Crippen LogP contribution in [0.1, 0.15) is 68.7 Å². The van der Waals surface area contributed by atoms with Crippen LogP contribution in [0.4, 0.5) is 13.2 Å². The second-order valence-corrected chi connectivity index (χ2v) is 10.8. The van der Waals surface area contributed by atoms with Gasteiger partial charge >= 0.3 is 6.18 Å². The average molecular weight is 407 g/mol. The van der Waals surface area contributed by atoms with E-state index in [0.29, 0.717) is 36.8 Å². The van der Waals surface area contributed by atoms with Gasteiger partial charge in [0.15, 0.2) is 9.84 Å². The van der Waals surface area contributed by atoms with Crippen LogP contribution in [0.15, 0.2) is 12.1 Å². The number of sulfone groups is 1. The minimum absolute atomic E-state index is 0.0454. The fourth-order valence-corrected chi connectivity index (χ4v) is 3.97. The van der Waals surface area contributed by atoms with Crippen LogP contribution in [-0.2, 0) is 27.2 Å². The van der Waals surface area contributed by atoms with Crippen molar-refractivity contribution in [3.8, 4) is 0 Å². The monoisotopic (exact) mass is 406 g/mol. The van der Waals surface area contributed by atoms with Crippen LogP contribution in [0.2, 0.25) is 0 Å². The Morgan fingerprint density at radius 3 is 2.07 bits per heavy atom. The summed E-state index contributed by atoms with van der Waals surface area (Å²) in [6, 6.07) is 2.40. The van der Waals surface area contributed by atoms with Crippen LogP contribution < -0.4 is 0 Å².